The Kier molecular flexibility index (Phi) is 4.35. The molecule has 4 heterocycles. The van der Waals surface area contributed by atoms with Crippen LogP contribution in [0.4, 0.5) is 10.2 Å². The Morgan fingerprint density at radius 2 is 2.03 bits per heavy atom. The molecule has 0 aliphatic rings. The van der Waals surface area contributed by atoms with Crippen LogP contribution in [0.3, 0.4) is 0 Å². The second-order valence-corrected chi connectivity index (χ2v) is 6.91. The average molecular weight is 402 g/mol. The van der Waals surface area contributed by atoms with Crippen LogP contribution in [0.1, 0.15) is 25.7 Å². The molecule has 9 heteroatoms. The van der Waals surface area contributed by atoms with Crippen LogP contribution in [-0.4, -0.2) is 34.5 Å². The van der Waals surface area contributed by atoms with Crippen molar-refractivity contribution in [3.63, 3.8) is 0 Å². The molecule has 0 amide bonds. The fraction of sp³-hybridized carbons (Fsp3) is 0.190. The normalized spacial score (nSPS) is 12.5. The minimum absolute atomic E-state index is 0.196. The Hall–Kier alpha value is -3.88. The minimum Gasteiger partial charge on any atom is -0.358 e. The summed E-state index contributed by atoms with van der Waals surface area (Å²) in [5.41, 5.74) is 3.80. The first-order chi connectivity index (χ1) is 14.7. The Bertz CT molecular complexity index is 1340. The quantitative estimate of drug-likeness (QED) is 0.459. The van der Waals surface area contributed by atoms with E-state index in [2.05, 4.69) is 30.2 Å². The van der Waals surface area contributed by atoms with Crippen LogP contribution in [0.5, 0.6) is 0 Å². The number of fused-ring (bicyclic) bond motifs is 2. The number of hydrogen-bond donors (Lipinski definition) is 2. The Labute approximate surface area is 171 Å². The van der Waals surface area contributed by atoms with Gasteiger partial charge in [-0.3, -0.25) is 4.98 Å². The highest BCUT2D eigenvalue weighted by atomic mass is 19.1. The highest BCUT2D eigenvalue weighted by Gasteiger charge is 2.22. The molecule has 5 aromatic rings. The van der Waals surface area contributed by atoms with Gasteiger partial charge in [-0.1, -0.05) is 6.07 Å². The smallest absolute Gasteiger partial charge is 0.182 e. The summed E-state index contributed by atoms with van der Waals surface area (Å²) in [4.78, 5) is 24.9. The van der Waals surface area contributed by atoms with Gasteiger partial charge in [0.1, 0.15) is 23.5 Å². The zero-order chi connectivity index (χ0) is 20.7. The van der Waals surface area contributed by atoms with E-state index in [9.17, 15) is 4.39 Å². The maximum absolute atomic E-state index is 14.9. The molecule has 4 aromatic heterocycles. The molecule has 0 saturated carbocycles. The van der Waals surface area contributed by atoms with Gasteiger partial charge < -0.3 is 14.9 Å². The van der Waals surface area contributed by atoms with E-state index >= 15 is 0 Å². The van der Waals surface area contributed by atoms with Gasteiger partial charge in [-0.2, -0.15) is 0 Å². The summed E-state index contributed by atoms with van der Waals surface area (Å²) in [6, 6.07) is 8.43. The van der Waals surface area contributed by atoms with Crippen LogP contribution in [0, 0.1) is 5.82 Å². The fourth-order valence-corrected chi connectivity index (χ4v) is 3.77. The summed E-state index contributed by atoms with van der Waals surface area (Å²) in [5.74, 6) is 1.09. The molecule has 1 atom stereocenters. The largest absolute Gasteiger partial charge is 0.358 e. The monoisotopic (exact) mass is 402 g/mol. The molecule has 0 aliphatic carbocycles. The first kappa shape index (κ1) is 18.2. The predicted molar refractivity (Wildman–Crippen MR) is 112 cm³/mol. The van der Waals surface area contributed by atoms with E-state index < -0.39 is 0 Å². The number of pyridine rings is 1. The summed E-state index contributed by atoms with van der Waals surface area (Å²) in [5, 5.41) is 3.38. The van der Waals surface area contributed by atoms with Crippen molar-refractivity contribution in [2.75, 3.05) is 5.32 Å². The third kappa shape index (κ3) is 2.86. The molecular formula is C21H19FN8. The van der Waals surface area contributed by atoms with Gasteiger partial charge in [-0.25, -0.2) is 24.3 Å². The minimum atomic E-state index is -0.321. The van der Waals surface area contributed by atoms with Gasteiger partial charge in [-0.05, 0) is 38.1 Å². The molecule has 0 spiro atoms. The van der Waals surface area contributed by atoms with Crippen molar-refractivity contribution in [2.24, 2.45) is 0 Å². The van der Waals surface area contributed by atoms with Crippen molar-refractivity contribution in [3.8, 4) is 11.3 Å². The van der Waals surface area contributed by atoms with Gasteiger partial charge >= 0.3 is 0 Å². The van der Waals surface area contributed by atoms with Crippen LogP contribution in [0.2, 0.25) is 0 Å². The number of aromatic nitrogens is 7. The van der Waals surface area contributed by atoms with Gasteiger partial charge in [0.25, 0.3) is 0 Å². The number of H-pyrrole nitrogens is 1. The number of benzene rings is 1. The van der Waals surface area contributed by atoms with Crippen LogP contribution >= 0.6 is 0 Å². The number of halogens is 1. The second-order valence-electron chi connectivity index (χ2n) is 6.91. The van der Waals surface area contributed by atoms with Crippen molar-refractivity contribution < 1.29 is 4.39 Å². The number of nitrogens with one attached hydrogen (secondary N) is 2. The molecule has 2 N–H and O–H groups in total. The Morgan fingerprint density at radius 3 is 2.83 bits per heavy atom. The van der Waals surface area contributed by atoms with Crippen LogP contribution < -0.4 is 5.32 Å². The first-order valence-electron chi connectivity index (χ1n) is 9.68. The Balaban J connectivity index is 1.64. The summed E-state index contributed by atoms with van der Waals surface area (Å²) < 4.78 is 16.9. The summed E-state index contributed by atoms with van der Waals surface area (Å²) in [7, 11) is 0. The Morgan fingerprint density at radius 1 is 1.13 bits per heavy atom. The zero-order valence-corrected chi connectivity index (χ0v) is 16.5. The highest BCUT2D eigenvalue weighted by Crippen LogP contribution is 2.33. The van der Waals surface area contributed by atoms with E-state index in [4.69, 9.17) is 4.98 Å². The molecule has 0 unspecified atom stereocenters. The molecule has 0 fully saturated rings. The first-order valence-corrected chi connectivity index (χ1v) is 9.68. The third-order valence-electron chi connectivity index (χ3n) is 5.09. The third-order valence-corrected chi connectivity index (χ3v) is 5.09. The van der Waals surface area contributed by atoms with E-state index in [-0.39, 0.29) is 11.9 Å². The zero-order valence-electron chi connectivity index (χ0n) is 16.5. The lowest BCUT2D eigenvalue weighted by Crippen LogP contribution is -2.14. The molecule has 150 valence electrons. The van der Waals surface area contributed by atoms with E-state index in [1.54, 1.807) is 18.6 Å². The summed E-state index contributed by atoms with van der Waals surface area (Å²) in [6.45, 7) is 4.64. The fourth-order valence-electron chi connectivity index (χ4n) is 3.77. The lowest BCUT2D eigenvalue weighted by molar-refractivity contribution is 0.629. The molecule has 0 radical (unpaired) electrons. The van der Waals surface area contributed by atoms with Crippen molar-refractivity contribution in [3.05, 3.63) is 60.8 Å². The second kappa shape index (κ2) is 7.18. The number of imidazole rings is 2. The number of aromatic amines is 1. The van der Waals surface area contributed by atoms with Gasteiger partial charge in [0, 0.05) is 12.7 Å². The van der Waals surface area contributed by atoms with Gasteiger partial charge in [0.2, 0.25) is 0 Å². The van der Waals surface area contributed by atoms with E-state index in [1.165, 1.54) is 12.4 Å². The van der Waals surface area contributed by atoms with Crippen LogP contribution in [0.25, 0.3) is 33.5 Å². The topological polar surface area (TPSA) is 97.2 Å². The number of nitrogens with zero attached hydrogens (tertiary/aromatic N) is 6. The lowest BCUT2D eigenvalue weighted by Gasteiger charge is -2.16. The van der Waals surface area contributed by atoms with E-state index in [1.807, 2.05) is 36.6 Å². The van der Waals surface area contributed by atoms with Crippen LogP contribution in [-0.2, 0) is 6.54 Å². The molecule has 30 heavy (non-hydrogen) atoms. The molecule has 0 aliphatic heterocycles. The molecule has 0 saturated heterocycles. The van der Waals surface area contributed by atoms with Crippen molar-refractivity contribution in [2.45, 2.75) is 26.4 Å². The molecule has 0 bridgehead atoms. The molecule has 1 aromatic carbocycles. The van der Waals surface area contributed by atoms with Crippen molar-refractivity contribution in [1.29, 1.82) is 0 Å². The van der Waals surface area contributed by atoms with E-state index in [0.29, 0.717) is 29.3 Å². The average Bonchev–Trinajstić information content (AvgIpc) is 3.39. The van der Waals surface area contributed by atoms with Crippen LogP contribution in [0.15, 0.2) is 49.2 Å². The summed E-state index contributed by atoms with van der Waals surface area (Å²) in [6.07, 6.45) is 4.71. The van der Waals surface area contributed by atoms with Gasteiger partial charge in [0.05, 0.1) is 34.7 Å². The molecular weight excluding hydrogens is 383 g/mol. The van der Waals surface area contributed by atoms with Gasteiger partial charge in [-0.15, -0.1) is 0 Å². The van der Waals surface area contributed by atoms with Crippen molar-refractivity contribution in [1.82, 2.24) is 34.5 Å². The number of rotatable bonds is 5. The lowest BCUT2D eigenvalue weighted by atomic mass is 10.1. The number of hydrogen-bond acceptors (Lipinski definition) is 6. The van der Waals surface area contributed by atoms with E-state index in [0.717, 1.165) is 22.4 Å². The standard InChI is InChI=1S/C21H19FN8/c1-3-30-18-15(8-7-13(22)16(18)14-6-4-5-9-23-14)29-21(30)12(2)28-20-17-19(25-10-24-17)26-11-27-20/h4-12H,3H2,1-2H3,(H2,24,25,26,27,28)/t12-/m0/s1. The van der Waals surface area contributed by atoms with Crippen molar-refractivity contribution >= 4 is 28.0 Å². The summed E-state index contributed by atoms with van der Waals surface area (Å²) >= 11 is 0. The number of anilines is 1. The number of aryl methyl sites for hydroxylation is 1. The molecule has 5 rings (SSSR count). The maximum Gasteiger partial charge on any atom is 0.182 e. The SMILES string of the molecule is CCn1c([C@H](C)Nc2ncnc3nc[nH]c23)nc2ccc(F)c(-c3ccccn3)c21. The maximum atomic E-state index is 14.9. The predicted octanol–water partition coefficient (Wildman–Crippen LogP) is 4.10. The van der Waals surface area contributed by atoms with Gasteiger partial charge in [0.15, 0.2) is 11.5 Å². The highest BCUT2D eigenvalue weighted by molar-refractivity contribution is 5.92. The molecule has 8 nitrogen and oxygen atoms in total.